The van der Waals surface area contributed by atoms with Crippen LogP contribution in [0.1, 0.15) is 22.3 Å². The summed E-state index contributed by atoms with van der Waals surface area (Å²) in [6, 6.07) is 90.4. The maximum atomic E-state index is 2.53. The topological polar surface area (TPSA) is 8.17 Å². The normalized spacial score (nSPS) is 14.5. The lowest BCUT2D eigenvalue weighted by Gasteiger charge is -2.41. The summed E-state index contributed by atoms with van der Waals surface area (Å²) >= 11 is 0. The largest absolute Gasteiger partial charge is 0.310 e. The first kappa shape index (κ1) is 36.1. The number of para-hydroxylation sites is 2. The van der Waals surface area contributed by atoms with Crippen molar-refractivity contribution in [3.8, 4) is 39.1 Å². The highest BCUT2D eigenvalue weighted by atomic mass is 15.1. The zero-order valence-corrected chi connectivity index (χ0v) is 35.5. The van der Waals surface area contributed by atoms with Crippen molar-refractivity contribution < 1.29 is 0 Å². The van der Waals surface area contributed by atoms with E-state index in [0.717, 1.165) is 22.7 Å². The van der Waals surface area contributed by atoms with Crippen molar-refractivity contribution in [2.24, 2.45) is 0 Å². The first-order valence-electron chi connectivity index (χ1n) is 22.6. The van der Waals surface area contributed by atoms with Crippen molar-refractivity contribution in [2.45, 2.75) is 5.41 Å². The highest BCUT2D eigenvalue weighted by Crippen LogP contribution is 2.64. The van der Waals surface area contributed by atoms with E-state index in [2.05, 4.69) is 252 Å². The maximum absolute atomic E-state index is 2.53. The van der Waals surface area contributed by atoms with Crippen LogP contribution in [0.4, 0.5) is 17.1 Å². The van der Waals surface area contributed by atoms with Crippen LogP contribution in [0.15, 0.2) is 243 Å². The Kier molecular flexibility index (Phi) is 7.64. The fourth-order valence-electron chi connectivity index (χ4n) is 11.7. The van der Waals surface area contributed by atoms with Crippen LogP contribution >= 0.6 is 0 Å². The summed E-state index contributed by atoms with van der Waals surface area (Å²) in [5, 5.41) is 7.46. The lowest BCUT2D eigenvalue weighted by molar-refractivity contribution is 0.775. The van der Waals surface area contributed by atoms with Gasteiger partial charge in [-0.25, -0.2) is 0 Å². The number of nitrogens with zero attached hydrogens (tertiary/aromatic N) is 2. The van der Waals surface area contributed by atoms with Crippen LogP contribution in [0, 0.1) is 0 Å². The van der Waals surface area contributed by atoms with E-state index in [1.54, 1.807) is 0 Å². The Labute approximate surface area is 377 Å². The number of rotatable bonds is 5. The summed E-state index contributed by atoms with van der Waals surface area (Å²) in [5.41, 5.74) is 19.2. The van der Waals surface area contributed by atoms with Crippen LogP contribution in [0.5, 0.6) is 0 Å². The van der Waals surface area contributed by atoms with Crippen molar-refractivity contribution in [2.75, 3.05) is 4.90 Å². The summed E-state index contributed by atoms with van der Waals surface area (Å²) in [7, 11) is 0. The van der Waals surface area contributed by atoms with Crippen molar-refractivity contribution in [1.29, 1.82) is 0 Å². The molecule has 1 heterocycles. The second-order valence-electron chi connectivity index (χ2n) is 17.6. The number of fused-ring (bicyclic) bond motifs is 13. The van der Waals surface area contributed by atoms with Gasteiger partial charge in [-0.3, -0.25) is 0 Å². The monoisotopic (exact) mass is 824 g/mol. The average Bonchev–Trinajstić information content (AvgIpc) is 3.86. The minimum absolute atomic E-state index is 0.611. The quantitative estimate of drug-likeness (QED) is 0.168. The molecule has 12 aromatic rings. The van der Waals surface area contributed by atoms with Gasteiger partial charge in [0.2, 0.25) is 0 Å². The molecule has 1 aromatic heterocycles. The number of hydrogen-bond donors (Lipinski definition) is 0. The van der Waals surface area contributed by atoms with Gasteiger partial charge in [0.05, 0.1) is 16.4 Å². The first-order chi connectivity index (χ1) is 32.3. The standard InChI is InChI=1S/C63H40N2/c1-3-17-42(18-4-1)49-35-31-43-20-15-26-54-51-24-10-13-28-57(51)63(62(49)61(43)54)56-27-12-9-23-50(56)52-36-33-48(40-58(52)63)64(46-32-30-41-16-7-8-19-44(41)38-46)47-34-37-60-55(39-47)53-25-11-14-29-59(53)65(60)45-21-5-2-6-22-45/h1-40H. The van der Waals surface area contributed by atoms with E-state index in [1.165, 1.54) is 99.0 Å². The average molecular weight is 825 g/mol. The van der Waals surface area contributed by atoms with Crippen LogP contribution in [0.3, 0.4) is 0 Å². The molecule has 0 saturated heterocycles. The molecule has 65 heavy (non-hydrogen) atoms. The Balaban J connectivity index is 1.08. The van der Waals surface area contributed by atoms with Gasteiger partial charge < -0.3 is 9.47 Å². The molecule has 0 amide bonds. The predicted octanol–water partition coefficient (Wildman–Crippen LogP) is 16.6. The van der Waals surface area contributed by atoms with Crippen molar-refractivity contribution in [3.05, 3.63) is 265 Å². The number of aromatic nitrogens is 1. The van der Waals surface area contributed by atoms with Crippen molar-refractivity contribution in [3.63, 3.8) is 0 Å². The Hall–Kier alpha value is -8.46. The summed E-state index contributed by atoms with van der Waals surface area (Å²) in [6.45, 7) is 0. The second-order valence-corrected chi connectivity index (χ2v) is 17.6. The molecule has 302 valence electrons. The third-order valence-corrected chi connectivity index (χ3v) is 14.3. The minimum atomic E-state index is -0.611. The van der Waals surface area contributed by atoms with Gasteiger partial charge in [-0.05, 0) is 138 Å². The van der Waals surface area contributed by atoms with E-state index >= 15 is 0 Å². The molecule has 2 aliphatic rings. The highest BCUT2D eigenvalue weighted by Gasteiger charge is 2.51. The third-order valence-electron chi connectivity index (χ3n) is 14.3. The van der Waals surface area contributed by atoms with E-state index < -0.39 is 5.41 Å². The van der Waals surface area contributed by atoms with Crippen molar-refractivity contribution in [1.82, 2.24) is 4.57 Å². The van der Waals surface area contributed by atoms with Gasteiger partial charge in [-0.15, -0.1) is 0 Å². The number of hydrogen-bond acceptors (Lipinski definition) is 1. The second kappa shape index (κ2) is 13.8. The van der Waals surface area contributed by atoms with E-state index in [1.807, 2.05) is 0 Å². The summed E-state index contributed by atoms with van der Waals surface area (Å²) in [4.78, 5) is 2.48. The smallest absolute Gasteiger partial charge is 0.0732 e. The van der Waals surface area contributed by atoms with Gasteiger partial charge in [0.25, 0.3) is 0 Å². The molecule has 2 heteroatoms. The summed E-state index contributed by atoms with van der Waals surface area (Å²) in [5.74, 6) is 0. The molecule has 1 spiro atoms. The van der Waals surface area contributed by atoms with E-state index in [0.29, 0.717) is 0 Å². The molecule has 0 radical (unpaired) electrons. The summed E-state index contributed by atoms with van der Waals surface area (Å²) < 4.78 is 2.40. The lowest BCUT2D eigenvalue weighted by atomic mass is 9.60. The Morgan fingerprint density at radius 3 is 1.71 bits per heavy atom. The van der Waals surface area contributed by atoms with Gasteiger partial charge in [-0.2, -0.15) is 0 Å². The Morgan fingerprint density at radius 2 is 0.877 bits per heavy atom. The number of benzene rings is 11. The zero-order chi connectivity index (χ0) is 42.6. The van der Waals surface area contributed by atoms with Crippen LogP contribution in [-0.2, 0) is 5.41 Å². The SMILES string of the molecule is c1ccc(-c2ccc3cccc4c3c2C2(c3ccccc3-c3ccc(N(c5ccc6ccccc6c5)c5ccc6c(c5)c5ccccc5n6-c5ccccc5)cc32)c2ccccc2-4)cc1. The summed E-state index contributed by atoms with van der Waals surface area (Å²) in [6.07, 6.45) is 0. The van der Waals surface area contributed by atoms with Crippen molar-refractivity contribution >= 4 is 60.4 Å². The molecule has 11 aromatic carbocycles. The molecule has 2 aliphatic carbocycles. The molecule has 0 bridgehead atoms. The molecule has 2 nitrogen and oxygen atoms in total. The Morgan fingerprint density at radius 1 is 0.323 bits per heavy atom. The molecule has 0 fully saturated rings. The zero-order valence-electron chi connectivity index (χ0n) is 35.5. The van der Waals surface area contributed by atoms with Gasteiger partial charge in [-0.1, -0.05) is 182 Å². The van der Waals surface area contributed by atoms with E-state index in [4.69, 9.17) is 0 Å². The highest BCUT2D eigenvalue weighted by molar-refractivity contribution is 6.12. The fourth-order valence-corrected chi connectivity index (χ4v) is 11.7. The van der Waals surface area contributed by atoms with E-state index in [9.17, 15) is 0 Å². The van der Waals surface area contributed by atoms with Crippen LogP contribution < -0.4 is 4.90 Å². The van der Waals surface area contributed by atoms with Crippen LogP contribution in [-0.4, -0.2) is 4.57 Å². The number of anilines is 3. The van der Waals surface area contributed by atoms with Gasteiger partial charge in [0.1, 0.15) is 0 Å². The maximum Gasteiger partial charge on any atom is 0.0732 e. The predicted molar refractivity (Wildman–Crippen MR) is 272 cm³/mol. The molecule has 0 saturated carbocycles. The van der Waals surface area contributed by atoms with Gasteiger partial charge in [0.15, 0.2) is 0 Å². The molecule has 1 atom stereocenters. The molecule has 0 N–H and O–H groups in total. The first-order valence-corrected chi connectivity index (χ1v) is 22.6. The van der Waals surface area contributed by atoms with Crippen LogP contribution in [0.2, 0.25) is 0 Å². The minimum Gasteiger partial charge on any atom is -0.310 e. The third kappa shape index (κ3) is 5.05. The molecular formula is C63H40N2. The molecular weight excluding hydrogens is 785 g/mol. The van der Waals surface area contributed by atoms with Crippen LogP contribution in [0.25, 0.3) is 82.4 Å². The lowest BCUT2D eigenvalue weighted by Crippen LogP contribution is -2.32. The van der Waals surface area contributed by atoms with E-state index in [-0.39, 0.29) is 0 Å². The molecule has 1 unspecified atom stereocenters. The Bertz CT molecular complexity index is 3900. The van der Waals surface area contributed by atoms with Gasteiger partial charge >= 0.3 is 0 Å². The molecule has 14 rings (SSSR count). The van der Waals surface area contributed by atoms with Gasteiger partial charge in [0, 0.05) is 33.5 Å². The molecule has 0 aliphatic heterocycles. The fraction of sp³-hybridized carbons (Fsp3) is 0.0159.